The summed E-state index contributed by atoms with van der Waals surface area (Å²) < 4.78 is 2.04. The molecule has 0 bridgehead atoms. The first-order valence-electron chi connectivity index (χ1n) is 6.21. The number of imidazole rings is 1. The second-order valence-corrected chi connectivity index (χ2v) is 4.44. The van der Waals surface area contributed by atoms with Crippen molar-refractivity contribution >= 4 is 16.6 Å². The molecule has 0 spiro atoms. The van der Waals surface area contributed by atoms with E-state index >= 15 is 0 Å². The minimum Gasteiger partial charge on any atom is -0.283 e. The Labute approximate surface area is 110 Å². The lowest BCUT2D eigenvalue weighted by Gasteiger charge is -2.07. The van der Waals surface area contributed by atoms with Crippen molar-refractivity contribution in [3.8, 4) is 11.4 Å². The first-order valence-corrected chi connectivity index (χ1v) is 6.21. The molecule has 0 unspecified atom stereocenters. The van der Waals surface area contributed by atoms with Crippen molar-refractivity contribution in [2.75, 3.05) is 0 Å². The number of nitrogens with zero attached hydrogens (tertiary/aromatic N) is 3. The number of aromatic nitrogens is 3. The van der Waals surface area contributed by atoms with Crippen LogP contribution in [0.2, 0.25) is 0 Å². The minimum absolute atomic E-state index is 0.923. The van der Waals surface area contributed by atoms with E-state index < -0.39 is 0 Å². The Kier molecular flexibility index (Phi) is 2.12. The first-order chi connectivity index (χ1) is 9.43. The van der Waals surface area contributed by atoms with Crippen molar-refractivity contribution in [3.63, 3.8) is 0 Å². The molecule has 0 N–H and O–H groups in total. The highest BCUT2D eigenvalue weighted by molar-refractivity contribution is 5.92. The van der Waals surface area contributed by atoms with Crippen LogP contribution in [0.4, 0.5) is 0 Å². The van der Waals surface area contributed by atoms with Crippen LogP contribution in [-0.2, 0) is 0 Å². The van der Waals surface area contributed by atoms with Crippen LogP contribution in [0.15, 0.2) is 67.0 Å². The Balaban J connectivity index is 2.17. The lowest BCUT2D eigenvalue weighted by molar-refractivity contribution is 1.13. The lowest BCUT2D eigenvalue weighted by atomic mass is 10.2. The Bertz CT molecular complexity index is 863. The molecule has 4 aromatic rings. The fraction of sp³-hybridized carbons (Fsp3) is 0. The zero-order chi connectivity index (χ0) is 12.7. The van der Waals surface area contributed by atoms with Crippen LogP contribution < -0.4 is 0 Å². The van der Waals surface area contributed by atoms with Gasteiger partial charge in [-0.2, -0.15) is 0 Å². The van der Waals surface area contributed by atoms with Gasteiger partial charge in [0.1, 0.15) is 11.5 Å². The maximum Gasteiger partial charge on any atom is 0.147 e. The van der Waals surface area contributed by atoms with Gasteiger partial charge in [0.25, 0.3) is 0 Å². The van der Waals surface area contributed by atoms with Gasteiger partial charge in [0.2, 0.25) is 0 Å². The normalized spacial score (nSPS) is 11.2. The van der Waals surface area contributed by atoms with Gasteiger partial charge in [0.05, 0.1) is 5.52 Å². The second kappa shape index (κ2) is 3.92. The molecule has 0 radical (unpaired) electrons. The molecule has 0 aliphatic carbocycles. The van der Waals surface area contributed by atoms with E-state index in [1.807, 2.05) is 53.2 Å². The quantitative estimate of drug-likeness (QED) is 0.513. The number of para-hydroxylation sites is 1. The van der Waals surface area contributed by atoms with Crippen LogP contribution in [-0.4, -0.2) is 14.4 Å². The summed E-state index contributed by atoms with van der Waals surface area (Å²) in [5.74, 6) is 0.923. The molecule has 3 heteroatoms. The Morgan fingerprint density at radius 2 is 1.63 bits per heavy atom. The Morgan fingerprint density at radius 3 is 2.53 bits per heavy atom. The molecule has 0 aliphatic heterocycles. The number of hydrogen-bond donors (Lipinski definition) is 0. The third-order valence-corrected chi connectivity index (χ3v) is 3.27. The monoisotopic (exact) mass is 245 g/mol. The third-order valence-electron chi connectivity index (χ3n) is 3.27. The van der Waals surface area contributed by atoms with Crippen molar-refractivity contribution in [2.24, 2.45) is 0 Å². The highest BCUT2D eigenvalue weighted by Gasteiger charge is 2.09. The molecular weight excluding hydrogens is 234 g/mol. The van der Waals surface area contributed by atoms with Crippen molar-refractivity contribution in [1.29, 1.82) is 0 Å². The summed E-state index contributed by atoms with van der Waals surface area (Å²) in [5, 5.41) is 1.08. The molecule has 2 aromatic carbocycles. The molecule has 90 valence electrons. The fourth-order valence-corrected chi connectivity index (χ4v) is 2.39. The van der Waals surface area contributed by atoms with Gasteiger partial charge in [-0.3, -0.25) is 4.40 Å². The smallest absolute Gasteiger partial charge is 0.147 e. The van der Waals surface area contributed by atoms with E-state index in [2.05, 4.69) is 23.2 Å². The predicted molar refractivity (Wildman–Crippen MR) is 75.9 cm³/mol. The van der Waals surface area contributed by atoms with Crippen LogP contribution in [0.5, 0.6) is 0 Å². The van der Waals surface area contributed by atoms with Gasteiger partial charge in [-0.15, -0.1) is 0 Å². The molecule has 0 saturated carbocycles. The van der Waals surface area contributed by atoms with E-state index in [0.717, 1.165) is 27.9 Å². The lowest BCUT2D eigenvalue weighted by Crippen LogP contribution is -1.96. The molecule has 0 saturated heterocycles. The predicted octanol–water partition coefficient (Wildman–Crippen LogP) is 3.55. The molecule has 0 fully saturated rings. The van der Waals surface area contributed by atoms with E-state index in [0.29, 0.717) is 0 Å². The minimum atomic E-state index is 0.923. The third kappa shape index (κ3) is 1.52. The zero-order valence-electron chi connectivity index (χ0n) is 10.2. The number of benzene rings is 2. The highest BCUT2D eigenvalue weighted by atomic mass is 15.1. The average molecular weight is 245 g/mol. The van der Waals surface area contributed by atoms with E-state index in [9.17, 15) is 0 Å². The Hall–Kier alpha value is -2.68. The summed E-state index contributed by atoms with van der Waals surface area (Å²) in [5.41, 5.74) is 3.01. The van der Waals surface area contributed by atoms with Gasteiger partial charge >= 0.3 is 0 Å². The molecule has 0 atom stereocenters. The molecular formula is C16H11N3. The largest absolute Gasteiger partial charge is 0.283 e. The standard InChI is InChI=1S/C16H11N3/c1-2-6-12(7-3-1)15-18-14-9-5-4-8-13(14)16-17-10-11-19(15)16/h1-11H. The van der Waals surface area contributed by atoms with Crippen LogP contribution in [0, 0.1) is 0 Å². The molecule has 19 heavy (non-hydrogen) atoms. The summed E-state index contributed by atoms with van der Waals surface area (Å²) in [7, 11) is 0. The number of hydrogen-bond acceptors (Lipinski definition) is 2. The van der Waals surface area contributed by atoms with Crippen molar-refractivity contribution in [2.45, 2.75) is 0 Å². The zero-order valence-corrected chi connectivity index (χ0v) is 10.2. The van der Waals surface area contributed by atoms with Gasteiger partial charge in [-0.25, -0.2) is 9.97 Å². The molecule has 3 nitrogen and oxygen atoms in total. The van der Waals surface area contributed by atoms with E-state index in [-0.39, 0.29) is 0 Å². The maximum atomic E-state index is 4.77. The summed E-state index contributed by atoms with van der Waals surface area (Å²) in [6.45, 7) is 0. The fourth-order valence-electron chi connectivity index (χ4n) is 2.39. The Morgan fingerprint density at radius 1 is 0.842 bits per heavy atom. The van der Waals surface area contributed by atoms with Crippen molar-refractivity contribution < 1.29 is 0 Å². The van der Waals surface area contributed by atoms with Crippen molar-refractivity contribution in [1.82, 2.24) is 14.4 Å². The van der Waals surface area contributed by atoms with E-state index in [1.54, 1.807) is 0 Å². The first kappa shape index (κ1) is 10.3. The van der Waals surface area contributed by atoms with E-state index in [1.165, 1.54) is 0 Å². The molecule has 0 aliphatic rings. The van der Waals surface area contributed by atoms with E-state index in [4.69, 9.17) is 4.98 Å². The van der Waals surface area contributed by atoms with Gasteiger partial charge in [-0.1, -0.05) is 42.5 Å². The summed E-state index contributed by atoms with van der Waals surface area (Å²) in [6.07, 6.45) is 3.77. The molecule has 2 aromatic heterocycles. The van der Waals surface area contributed by atoms with Crippen LogP contribution >= 0.6 is 0 Å². The topological polar surface area (TPSA) is 30.2 Å². The summed E-state index contributed by atoms with van der Waals surface area (Å²) in [6, 6.07) is 18.3. The summed E-state index contributed by atoms with van der Waals surface area (Å²) >= 11 is 0. The highest BCUT2D eigenvalue weighted by Crippen LogP contribution is 2.24. The number of rotatable bonds is 1. The van der Waals surface area contributed by atoms with Gasteiger partial charge in [-0.05, 0) is 12.1 Å². The van der Waals surface area contributed by atoms with Gasteiger partial charge in [0, 0.05) is 23.3 Å². The summed E-state index contributed by atoms with van der Waals surface area (Å²) in [4.78, 5) is 9.22. The van der Waals surface area contributed by atoms with Crippen LogP contribution in [0.25, 0.3) is 27.9 Å². The van der Waals surface area contributed by atoms with Crippen LogP contribution in [0.1, 0.15) is 0 Å². The van der Waals surface area contributed by atoms with Crippen molar-refractivity contribution in [3.05, 3.63) is 67.0 Å². The molecule has 2 heterocycles. The van der Waals surface area contributed by atoms with Crippen LogP contribution in [0.3, 0.4) is 0 Å². The maximum absolute atomic E-state index is 4.77. The van der Waals surface area contributed by atoms with Gasteiger partial charge < -0.3 is 0 Å². The molecule has 4 rings (SSSR count). The SMILES string of the molecule is c1ccc(-c2nc3ccccc3c3nccn23)cc1. The number of fused-ring (bicyclic) bond motifs is 3. The average Bonchev–Trinajstić information content (AvgIpc) is 2.97. The second-order valence-electron chi connectivity index (χ2n) is 4.44. The van der Waals surface area contributed by atoms with Gasteiger partial charge in [0.15, 0.2) is 0 Å². The molecule has 0 amide bonds.